The Morgan fingerprint density at radius 3 is 2.48 bits per heavy atom. The second-order valence-corrected chi connectivity index (χ2v) is 6.03. The summed E-state index contributed by atoms with van der Waals surface area (Å²) in [6.07, 6.45) is 1.32. The smallest absolute Gasteiger partial charge is 0.220 e. The second-order valence-electron chi connectivity index (χ2n) is 5.76. The van der Waals surface area contributed by atoms with Crippen molar-refractivity contribution < 1.29 is 14.3 Å². The summed E-state index contributed by atoms with van der Waals surface area (Å²) in [5.74, 6) is 0.299. The van der Waals surface area contributed by atoms with Crippen LogP contribution in [0, 0.1) is 0 Å². The van der Waals surface area contributed by atoms with Crippen molar-refractivity contribution in [3.05, 3.63) is 65.7 Å². The Morgan fingerprint density at radius 2 is 1.80 bits per heavy atom. The number of carbonyl (C=O) groups excluding carboxylic acids is 2. The predicted octanol–water partition coefficient (Wildman–Crippen LogP) is 3.16. The zero-order valence-electron chi connectivity index (χ0n) is 14.2. The summed E-state index contributed by atoms with van der Waals surface area (Å²) in [6, 6.07) is 16.6. The third-order valence-corrected chi connectivity index (χ3v) is 4.18. The van der Waals surface area contributed by atoms with Crippen LogP contribution in [0.3, 0.4) is 0 Å². The van der Waals surface area contributed by atoms with Crippen LogP contribution in [0.1, 0.15) is 17.5 Å². The molecule has 0 radical (unpaired) electrons. The van der Waals surface area contributed by atoms with Gasteiger partial charge in [0.05, 0.1) is 19.0 Å². The summed E-state index contributed by atoms with van der Waals surface area (Å²) in [6.45, 7) is 0. The first-order valence-electron chi connectivity index (χ1n) is 8.17. The van der Waals surface area contributed by atoms with Crippen LogP contribution in [-0.2, 0) is 22.4 Å². The number of nitrogens with one attached hydrogen (secondary N) is 1. The summed E-state index contributed by atoms with van der Waals surface area (Å²) in [5, 5.41) is 2.81. The summed E-state index contributed by atoms with van der Waals surface area (Å²) >= 11 is 5.69. The van der Waals surface area contributed by atoms with Crippen molar-refractivity contribution in [1.29, 1.82) is 0 Å². The number of Topliss-reactive ketones (excluding diaryl/α,β-unsaturated/α-hetero) is 1. The molecule has 0 fully saturated rings. The van der Waals surface area contributed by atoms with Gasteiger partial charge in [-0.1, -0.05) is 42.5 Å². The van der Waals surface area contributed by atoms with Gasteiger partial charge < -0.3 is 10.1 Å². The Labute approximate surface area is 153 Å². The van der Waals surface area contributed by atoms with Crippen molar-refractivity contribution in [3.63, 3.8) is 0 Å². The lowest BCUT2D eigenvalue weighted by Gasteiger charge is -2.17. The number of hydrogen-bond donors (Lipinski definition) is 1. The fraction of sp³-hybridized carbons (Fsp3) is 0.300. The van der Waals surface area contributed by atoms with E-state index in [1.807, 2.05) is 54.6 Å². The van der Waals surface area contributed by atoms with Crippen LogP contribution >= 0.6 is 11.6 Å². The summed E-state index contributed by atoms with van der Waals surface area (Å²) in [5.41, 5.74) is 2.00. The minimum Gasteiger partial charge on any atom is -0.497 e. The molecule has 2 rings (SSSR count). The summed E-state index contributed by atoms with van der Waals surface area (Å²) < 4.78 is 5.18. The van der Waals surface area contributed by atoms with Gasteiger partial charge in [-0.05, 0) is 36.1 Å². The van der Waals surface area contributed by atoms with E-state index in [1.54, 1.807) is 7.11 Å². The van der Waals surface area contributed by atoms with Crippen molar-refractivity contribution in [2.24, 2.45) is 0 Å². The van der Waals surface area contributed by atoms with E-state index in [4.69, 9.17) is 16.3 Å². The molecule has 0 spiro atoms. The quantitative estimate of drug-likeness (QED) is 0.700. The Bertz CT molecular complexity index is 703. The zero-order chi connectivity index (χ0) is 18.1. The molecule has 0 saturated heterocycles. The van der Waals surface area contributed by atoms with E-state index < -0.39 is 6.04 Å². The van der Waals surface area contributed by atoms with E-state index in [-0.39, 0.29) is 17.6 Å². The molecule has 5 heteroatoms. The lowest BCUT2D eigenvalue weighted by molar-refractivity contribution is -0.126. The number of methoxy groups -OCH3 is 1. The molecule has 0 bridgehead atoms. The first kappa shape index (κ1) is 19.0. The maximum Gasteiger partial charge on any atom is 0.220 e. The normalized spacial score (nSPS) is 11.6. The lowest BCUT2D eigenvalue weighted by atomic mass is 10.0. The lowest BCUT2D eigenvalue weighted by Crippen LogP contribution is -2.43. The number of halogens is 1. The molecule has 4 nitrogen and oxygen atoms in total. The third-order valence-electron chi connectivity index (χ3n) is 3.91. The van der Waals surface area contributed by atoms with Crippen LogP contribution in [0.2, 0.25) is 0 Å². The largest absolute Gasteiger partial charge is 0.497 e. The number of carbonyl (C=O) groups is 2. The molecule has 0 aliphatic heterocycles. The minimum atomic E-state index is -0.599. The highest BCUT2D eigenvalue weighted by molar-refractivity contribution is 6.28. The average Bonchev–Trinajstić information content (AvgIpc) is 2.66. The monoisotopic (exact) mass is 359 g/mol. The number of rotatable bonds is 9. The van der Waals surface area contributed by atoms with Crippen molar-refractivity contribution in [2.45, 2.75) is 25.3 Å². The Kier molecular flexibility index (Phi) is 7.48. The molecule has 0 aromatic heterocycles. The third kappa shape index (κ3) is 6.24. The van der Waals surface area contributed by atoms with Crippen molar-refractivity contribution >= 4 is 23.3 Å². The molecule has 0 aliphatic carbocycles. The van der Waals surface area contributed by atoms with Crippen LogP contribution in [-0.4, -0.2) is 30.7 Å². The van der Waals surface area contributed by atoms with Gasteiger partial charge in [-0.3, -0.25) is 9.59 Å². The van der Waals surface area contributed by atoms with Crippen LogP contribution < -0.4 is 10.1 Å². The molecule has 1 atom stereocenters. The summed E-state index contributed by atoms with van der Waals surface area (Å²) in [7, 11) is 1.61. The molecule has 0 saturated carbocycles. The Hall–Kier alpha value is -2.33. The van der Waals surface area contributed by atoms with Crippen LogP contribution in [0.4, 0.5) is 0 Å². The molecule has 0 aliphatic rings. The number of alkyl halides is 1. The number of benzene rings is 2. The van der Waals surface area contributed by atoms with E-state index in [0.717, 1.165) is 16.9 Å². The number of aryl methyl sites for hydroxylation is 1. The first-order valence-corrected chi connectivity index (χ1v) is 8.70. The number of ether oxygens (including phenoxy) is 1. The second kappa shape index (κ2) is 9.84. The molecule has 0 heterocycles. The molecule has 1 N–H and O–H groups in total. The van der Waals surface area contributed by atoms with Crippen molar-refractivity contribution in [3.8, 4) is 5.75 Å². The van der Waals surface area contributed by atoms with Gasteiger partial charge in [-0.25, -0.2) is 0 Å². The van der Waals surface area contributed by atoms with Gasteiger partial charge in [0.15, 0.2) is 5.78 Å². The van der Waals surface area contributed by atoms with E-state index in [0.29, 0.717) is 19.3 Å². The fourth-order valence-electron chi connectivity index (χ4n) is 2.54. The Balaban J connectivity index is 1.93. The molecule has 0 unspecified atom stereocenters. The fourth-order valence-corrected chi connectivity index (χ4v) is 2.73. The Morgan fingerprint density at radius 1 is 1.08 bits per heavy atom. The standard InChI is InChI=1S/C20H22ClNO3/c1-25-17-9-5-8-16(12-17)10-11-20(24)22-18(19(23)14-21)13-15-6-3-2-4-7-15/h2-9,12,18H,10-11,13-14H2,1H3,(H,22,24)/t18-/m0/s1. The van der Waals surface area contributed by atoms with Gasteiger partial charge in [0.2, 0.25) is 5.91 Å². The molecule has 132 valence electrons. The first-order chi connectivity index (χ1) is 12.1. The average molecular weight is 360 g/mol. The molecule has 25 heavy (non-hydrogen) atoms. The van der Waals surface area contributed by atoms with E-state index in [9.17, 15) is 9.59 Å². The van der Waals surface area contributed by atoms with Gasteiger partial charge >= 0.3 is 0 Å². The van der Waals surface area contributed by atoms with Gasteiger partial charge in [0.25, 0.3) is 0 Å². The van der Waals surface area contributed by atoms with E-state index in [2.05, 4.69) is 5.32 Å². The minimum absolute atomic E-state index is 0.117. The molecular formula is C20H22ClNO3. The highest BCUT2D eigenvalue weighted by Gasteiger charge is 2.20. The molecule has 2 aromatic rings. The maximum atomic E-state index is 12.3. The predicted molar refractivity (Wildman–Crippen MR) is 99.1 cm³/mol. The van der Waals surface area contributed by atoms with Crippen LogP contribution in [0.25, 0.3) is 0 Å². The van der Waals surface area contributed by atoms with Crippen LogP contribution in [0.5, 0.6) is 5.75 Å². The molecular weight excluding hydrogens is 338 g/mol. The topological polar surface area (TPSA) is 55.4 Å². The van der Waals surface area contributed by atoms with Gasteiger partial charge in [-0.15, -0.1) is 11.6 Å². The molecule has 1 amide bonds. The highest BCUT2D eigenvalue weighted by Crippen LogP contribution is 2.14. The maximum absolute atomic E-state index is 12.3. The summed E-state index contributed by atoms with van der Waals surface area (Å²) in [4.78, 5) is 24.3. The van der Waals surface area contributed by atoms with Crippen LogP contribution in [0.15, 0.2) is 54.6 Å². The van der Waals surface area contributed by atoms with Gasteiger partial charge in [0, 0.05) is 6.42 Å². The highest BCUT2D eigenvalue weighted by atomic mass is 35.5. The van der Waals surface area contributed by atoms with E-state index in [1.165, 1.54) is 0 Å². The SMILES string of the molecule is COc1cccc(CCC(=O)N[C@@H](Cc2ccccc2)C(=O)CCl)c1. The van der Waals surface area contributed by atoms with Crippen molar-refractivity contribution in [2.75, 3.05) is 13.0 Å². The number of ketones is 1. The zero-order valence-corrected chi connectivity index (χ0v) is 15.0. The number of amides is 1. The van der Waals surface area contributed by atoms with Gasteiger partial charge in [0.1, 0.15) is 5.75 Å². The van der Waals surface area contributed by atoms with Crippen molar-refractivity contribution in [1.82, 2.24) is 5.32 Å². The van der Waals surface area contributed by atoms with Gasteiger partial charge in [-0.2, -0.15) is 0 Å². The number of hydrogen-bond acceptors (Lipinski definition) is 3. The molecule has 2 aromatic carbocycles. The van der Waals surface area contributed by atoms with E-state index >= 15 is 0 Å².